The molecule has 0 aromatic rings. The maximum Gasteiger partial charge on any atom is 0.317 e. The Labute approximate surface area is 199 Å². The highest BCUT2D eigenvalue weighted by molar-refractivity contribution is 5.78. The molecule has 1 heterocycles. The first-order chi connectivity index (χ1) is 16.2. The number of carboxylic acids is 3. The van der Waals surface area contributed by atoms with Gasteiger partial charge >= 0.3 is 17.9 Å². The molecule has 13 heteroatoms. The number of hydrogen-bond acceptors (Lipinski definition) is 9. The number of nitrogens with one attached hydrogen (secondary N) is 1. The zero-order valence-electron chi connectivity index (χ0n) is 19.7. The minimum absolute atomic E-state index is 0.104. The first-order valence-electron chi connectivity index (χ1n) is 11.6. The van der Waals surface area contributed by atoms with E-state index in [0.29, 0.717) is 65.3 Å². The standard InChI is InChI=1S/C21H39N5O8/c27-13-3-1-2-4-22-18(28)14-23-5-7-24(15-19(29)30)9-11-26(17-21(33)34)12-10-25(8-6-23)16-20(31)32/h27H,1-17H2,(H,22,28)(H,29,30)(H,31,32)(H,33,34). The smallest absolute Gasteiger partial charge is 0.317 e. The van der Waals surface area contributed by atoms with Crippen LogP contribution < -0.4 is 5.32 Å². The normalized spacial score (nSPS) is 18.0. The van der Waals surface area contributed by atoms with Crippen molar-refractivity contribution in [1.29, 1.82) is 0 Å². The van der Waals surface area contributed by atoms with Crippen molar-refractivity contribution in [3.63, 3.8) is 0 Å². The molecule has 0 radical (unpaired) electrons. The summed E-state index contributed by atoms with van der Waals surface area (Å²) in [4.78, 5) is 53.2. The van der Waals surface area contributed by atoms with E-state index in [2.05, 4.69) is 5.32 Å². The minimum Gasteiger partial charge on any atom is -0.480 e. The summed E-state index contributed by atoms with van der Waals surface area (Å²) in [6.45, 7) is 3.00. The molecule has 0 spiro atoms. The number of carboxylic acid groups (broad SMARTS) is 3. The van der Waals surface area contributed by atoms with Crippen LogP contribution in [0.25, 0.3) is 0 Å². The molecule has 1 aliphatic heterocycles. The van der Waals surface area contributed by atoms with Crippen LogP contribution in [-0.4, -0.2) is 156 Å². The van der Waals surface area contributed by atoms with Crippen molar-refractivity contribution >= 4 is 23.8 Å². The second kappa shape index (κ2) is 17.2. The Morgan fingerprint density at radius 1 is 0.559 bits per heavy atom. The molecule has 34 heavy (non-hydrogen) atoms. The Bertz CT molecular complexity index is 619. The number of unbranched alkanes of at least 4 members (excludes halogenated alkanes) is 2. The van der Waals surface area contributed by atoms with Crippen LogP contribution in [0.3, 0.4) is 0 Å². The number of aliphatic hydroxyl groups is 1. The van der Waals surface area contributed by atoms with Crippen molar-refractivity contribution in [2.24, 2.45) is 0 Å². The molecule has 5 N–H and O–H groups in total. The first-order valence-corrected chi connectivity index (χ1v) is 11.6. The summed E-state index contributed by atoms with van der Waals surface area (Å²) >= 11 is 0. The van der Waals surface area contributed by atoms with Crippen LogP contribution in [0.4, 0.5) is 0 Å². The van der Waals surface area contributed by atoms with Crippen LogP contribution in [0.15, 0.2) is 0 Å². The second-order valence-corrected chi connectivity index (χ2v) is 8.42. The van der Waals surface area contributed by atoms with Crippen LogP contribution in [0, 0.1) is 0 Å². The number of rotatable bonds is 13. The lowest BCUT2D eigenvalue weighted by molar-refractivity contribution is -0.140. The highest BCUT2D eigenvalue weighted by atomic mass is 16.4. The lowest BCUT2D eigenvalue weighted by Crippen LogP contribution is -2.49. The van der Waals surface area contributed by atoms with Crippen molar-refractivity contribution in [1.82, 2.24) is 24.9 Å². The van der Waals surface area contributed by atoms with Gasteiger partial charge in [-0.15, -0.1) is 0 Å². The summed E-state index contributed by atoms with van der Waals surface area (Å²) in [5.41, 5.74) is 0. The average Bonchev–Trinajstić information content (AvgIpc) is 2.74. The second-order valence-electron chi connectivity index (χ2n) is 8.42. The third kappa shape index (κ3) is 14.8. The van der Waals surface area contributed by atoms with Crippen LogP contribution in [0.2, 0.25) is 0 Å². The third-order valence-corrected chi connectivity index (χ3v) is 5.53. The highest BCUT2D eigenvalue weighted by Gasteiger charge is 2.21. The van der Waals surface area contributed by atoms with Gasteiger partial charge in [0.2, 0.25) is 5.91 Å². The van der Waals surface area contributed by atoms with E-state index in [4.69, 9.17) is 5.11 Å². The van der Waals surface area contributed by atoms with Crippen LogP contribution >= 0.6 is 0 Å². The van der Waals surface area contributed by atoms with E-state index in [9.17, 15) is 34.5 Å². The van der Waals surface area contributed by atoms with Gasteiger partial charge in [-0.2, -0.15) is 0 Å². The summed E-state index contributed by atoms with van der Waals surface area (Å²) in [6, 6.07) is 0. The molecule has 0 aromatic carbocycles. The van der Waals surface area contributed by atoms with E-state index in [1.54, 1.807) is 14.7 Å². The SMILES string of the molecule is O=C(O)CN1CCN(CC(=O)O)CCN(CC(=O)NCCCCCO)CCN(CC(=O)O)CC1. The Hall–Kier alpha value is -2.32. The predicted octanol–water partition coefficient (Wildman–Crippen LogP) is -2.26. The Morgan fingerprint density at radius 3 is 1.24 bits per heavy atom. The molecule has 0 aromatic heterocycles. The van der Waals surface area contributed by atoms with E-state index in [0.717, 1.165) is 12.8 Å². The Kier molecular flexibility index (Phi) is 15.0. The molecule has 13 nitrogen and oxygen atoms in total. The molecule has 1 saturated heterocycles. The molecule has 0 atom stereocenters. The van der Waals surface area contributed by atoms with Crippen molar-refractivity contribution in [2.75, 3.05) is 91.7 Å². The number of amides is 1. The monoisotopic (exact) mass is 489 g/mol. The minimum atomic E-state index is -1.00. The number of nitrogens with zero attached hydrogens (tertiary/aromatic N) is 4. The van der Waals surface area contributed by atoms with Gasteiger partial charge in [-0.3, -0.25) is 38.8 Å². The summed E-state index contributed by atoms with van der Waals surface area (Å²) in [5.74, 6) is -3.15. The number of hydrogen-bond donors (Lipinski definition) is 5. The molecular weight excluding hydrogens is 450 g/mol. The van der Waals surface area contributed by atoms with Gasteiger partial charge in [0, 0.05) is 65.5 Å². The number of carbonyl (C=O) groups excluding carboxylic acids is 1. The molecule has 1 rings (SSSR count). The molecular formula is C21H39N5O8. The zero-order chi connectivity index (χ0) is 25.3. The van der Waals surface area contributed by atoms with Crippen molar-refractivity contribution < 1.29 is 39.6 Å². The van der Waals surface area contributed by atoms with Gasteiger partial charge < -0.3 is 25.7 Å². The molecule has 1 aliphatic rings. The topological polar surface area (TPSA) is 174 Å². The van der Waals surface area contributed by atoms with E-state index in [1.807, 2.05) is 4.90 Å². The number of aliphatic carboxylic acids is 3. The predicted molar refractivity (Wildman–Crippen MR) is 123 cm³/mol. The van der Waals surface area contributed by atoms with Gasteiger partial charge in [0.15, 0.2) is 0 Å². The highest BCUT2D eigenvalue weighted by Crippen LogP contribution is 2.02. The average molecular weight is 490 g/mol. The van der Waals surface area contributed by atoms with Crippen molar-refractivity contribution in [3.05, 3.63) is 0 Å². The summed E-state index contributed by atoms with van der Waals surface area (Å²) in [7, 11) is 0. The fraction of sp³-hybridized carbons (Fsp3) is 0.810. The molecule has 1 fully saturated rings. The van der Waals surface area contributed by atoms with Gasteiger partial charge in [-0.05, 0) is 19.3 Å². The van der Waals surface area contributed by atoms with E-state index in [-0.39, 0.29) is 38.7 Å². The number of aliphatic hydroxyl groups excluding tert-OH is 1. The number of carbonyl (C=O) groups is 4. The molecule has 0 aliphatic carbocycles. The molecule has 196 valence electrons. The van der Waals surface area contributed by atoms with Gasteiger partial charge in [0.25, 0.3) is 0 Å². The fourth-order valence-electron chi connectivity index (χ4n) is 3.69. The van der Waals surface area contributed by atoms with Gasteiger partial charge in [-0.1, -0.05) is 0 Å². The maximum atomic E-state index is 12.4. The summed E-state index contributed by atoms with van der Waals surface area (Å²) < 4.78 is 0. The fourth-order valence-corrected chi connectivity index (χ4v) is 3.69. The maximum absolute atomic E-state index is 12.4. The summed E-state index contributed by atoms with van der Waals surface area (Å²) in [6.07, 6.45) is 2.26. The largest absolute Gasteiger partial charge is 0.480 e. The molecule has 1 amide bonds. The van der Waals surface area contributed by atoms with Crippen molar-refractivity contribution in [3.8, 4) is 0 Å². The van der Waals surface area contributed by atoms with Crippen LogP contribution in [-0.2, 0) is 19.2 Å². The van der Waals surface area contributed by atoms with Gasteiger partial charge in [0.1, 0.15) is 0 Å². The van der Waals surface area contributed by atoms with E-state index < -0.39 is 17.9 Å². The van der Waals surface area contributed by atoms with Crippen LogP contribution in [0.5, 0.6) is 0 Å². The first kappa shape index (κ1) is 29.7. The molecule has 0 bridgehead atoms. The Morgan fingerprint density at radius 2 is 0.912 bits per heavy atom. The van der Waals surface area contributed by atoms with E-state index >= 15 is 0 Å². The van der Waals surface area contributed by atoms with Crippen molar-refractivity contribution in [2.45, 2.75) is 19.3 Å². The Balaban J connectivity index is 2.82. The molecule has 0 unspecified atom stereocenters. The molecule has 0 saturated carbocycles. The van der Waals surface area contributed by atoms with E-state index in [1.165, 1.54) is 0 Å². The zero-order valence-corrected chi connectivity index (χ0v) is 19.7. The third-order valence-electron chi connectivity index (χ3n) is 5.53. The quantitative estimate of drug-likeness (QED) is 0.176. The van der Waals surface area contributed by atoms with Crippen LogP contribution in [0.1, 0.15) is 19.3 Å². The van der Waals surface area contributed by atoms with Gasteiger partial charge in [0.05, 0.1) is 26.2 Å². The lowest BCUT2D eigenvalue weighted by Gasteiger charge is -2.32. The summed E-state index contributed by atoms with van der Waals surface area (Å²) in [5, 5.41) is 39.4. The van der Waals surface area contributed by atoms with Gasteiger partial charge in [-0.25, -0.2) is 0 Å². The lowest BCUT2D eigenvalue weighted by atomic mass is 10.2.